The van der Waals surface area contributed by atoms with Crippen LogP contribution >= 0.6 is 24.8 Å². The molecule has 1 unspecified atom stereocenters. The number of carbonyl (C=O) groups is 1. The van der Waals surface area contributed by atoms with Gasteiger partial charge in [-0.05, 0) is 13.8 Å². The molecule has 19 heavy (non-hydrogen) atoms. The molecule has 0 aromatic heterocycles. The highest BCUT2D eigenvalue weighted by molar-refractivity contribution is 5.85. The van der Waals surface area contributed by atoms with Crippen molar-refractivity contribution in [3.8, 4) is 0 Å². The highest BCUT2D eigenvalue weighted by Gasteiger charge is 2.28. The van der Waals surface area contributed by atoms with Crippen molar-refractivity contribution in [2.45, 2.75) is 26.3 Å². The Morgan fingerprint density at radius 1 is 1.37 bits per heavy atom. The Morgan fingerprint density at radius 3 is 2.37 bits per heavy atom. The summed E-state index contributed by atoms with van der Waals surface area (Å²) in [5.74, 6) is -0.0793. The molecule has 0 aliphatic carbocycles. The quantitative estimate of drug-likeness (QED) is 0.782. The molecule has 1 fully saturated rings. The molecule has 3 N–H and O–H groups in total. The van der Waals surface area contributed by atoms with E-state index in [2.05, 4.69) is 24.1 Å². The molecule has 0 bridgehead atoms. The van der Waals surface area contributed by atoms with Crippen LogP contribution in [0.15, 0.2) is 0 Å². The Kier molecular flexibility index (Phi) is 10.9. The minimum atomic E-state index is -0.115. The second-order valence-corrected chi connectivity index (χ2v) is 5.27. The molecule has 1 heterocycles. The molecule has 1 aliphatic rings. The summed E-state index contributed by atoms with van der Waals surface area (Å²) in [6.45, 7) is 10.6. The van der Waals surface area contributed by atoms with E-state index in [-0.39, 0.29) is 42.2 Å². The van der Waals surface area contributed by atoms with Gasteiger partial charge in [0.15, 0.2) is 0 Å². The Hall–Kier alpha value is -0.0700. The van der Waals surface area contributed by atoms with E-state index in [9.17, 15) is 4.79 Å². The van der Waals surface area contributed by atoms with Gasteiger partial charge in [-0.3, -0.25) is 9.69 Å². The molecule has 0 saturated carbocycles. The molecule has 1 saturated heterocycles. The van der Waals surface area contributed by atoms with Crippen molar-refractivity contribution in [3.63, 3.8) is 0 Å². The number of halogens is 2. The first-order chi connectivity index (χ1) is 7.97. The Bertz CT molecular complexity index is 259. The van der Waals surface area contributed by atoms with Crippen LogP contribution in [0.3, 0.4) is 0 Å². The predicted molar refractivity (Wildman–Crippen MR) is 82.2 cm³/mol. The van der Waals surface area contributed by atoms with Gasteiger partial charge >= 0.3 is 0 Å². The van der Waals surface area contributed by atoms with E-state index in [0.29, 0.717) is 13.1 Å². The predicted octanol–water partition coefficient (Wildman–Crippen LogP) is 0.652. The van der Waals surface area contributed by atoms with E-state index < -0.39 is 0 Å². The van der Waals surface area contributed by atoms with E-state index in [1.54, 1.807) is 0 Å². The van der Waals surface area contributed by atoms with Crippen molar-refractivity contribution in [3.05, 3.63) is 0 Å². The second kappa shape index (κ2) is 9.77. The van der Waals surface area contributed by atoms with Gasteiger partial charge in [0, 0.05) is 37.6 Å². The van der Waals surface area contributed by atoms with Crippen LogP contribution in [0.4, 0.5) is 0 Å². The third-order valence-electron chi connectivity index (χ3n) is 3.36. The Labute approximate surface area is 128 Å². The van der Waals surface area contributed by atoms with Crippen molar-refractivity contribution < 1.29 is 9.53 Å². The lowest BCUT2D eigenvalue weighted by atomic mass is 10.0. The molecule has 7 heteroatoms. The van der Waals surface area contributed by atoms with Gasteiger partial charge in [-0.25, -0.2) is 0 Å². The zero-order valence-corrected chi connectivity index (χ0v) is 13.6. The summed E-state index contributed by atoms with van der Waals surface area (Å²) >= 11 is 0. The standard InChI is InChI=1S/C12H25N3O2.2ClH/c1-10(8-13)11(16)14-9-12(2,3)15-4-6-17-7-5-15;;/h10H,4-9,13H2,1-3H3,(H,14,16);2*1H. The van der Waals surface area contributed by atoms with E-state index in [1.807, 2.05) is 6.92 Å². The lowest BCUT2D eigenvalue weighted by molar-refractivity contribution is -0.125. The van der Waals surface area contributed by atoms with Gasteiger partial charge in [0.25, 0.3) is 0 Å². The van der Waals surface area contributed by atoms with Crippen LogP contribution < -0.4 is 11.1 Å². The topological polar surface area (TPSA) is 67.6 Å². The third-order valence-corrected chi connectivity index (χ3v) is 3.36. The van der Waals surface area contributed by atoms with Crippen molar-refractivity contribution in [1.29, 1.82) is 0 Å². The van der Waals surface area contributed by atoms with Gasteiger partial charge in [-0.15, -0.1) is 24.8 Å². The minimum Gasteiger partial charge on any atom is -0.379 e. The molecular formula is C12H27Cl2N3O2. The van der Waals surface area contributed by atoms with Crippen molar-refractivity contribution in [2.24, 2.45) is 11.7 Å². The lowest BCUT2D eigenvalue weighted by Gasteiger charge is -2.41. The molecule has 1 rings (SSSR count). The Balaban J connectivity index is 0. The number of nitrogens with one attached hydrogen (secondary N) is 1. The van der Waals surface area contributed by atoms with Gasteiger partial charge in [-0.1, -0.05) is 6.92 Å². The third kappa shape index (κ3) is 6.77. The lowest BCUT2D eigenvalue weighted by Crippen LogP contribution is -2.56. The van der Waals surface area contributed by atoms with Gasteiger partial charge in [-0.2, -0.15) is 0 Å². The van der Waals surface area contributed by atoms with Gasteiger partial charge in [0.05, 0.1) is 13.2 Å². The summed E-state index contributed by atoms with van der Waals surface area (Å²) < 4.78 is 5.33. The zero-order valence-electron chi connectivity index (χ0n) is 12.0. The van der Waals surface area contributed by atoms with Crippen LogP contribution in [-0.4, -0.2) is 55.7 Å². The summed E-state index contributed by atoms with van der Waals surface area (Å²) in [6.07, 6.45) is 0. The SMILES string of the molecule is CC(CN)C(=O)NCC(C)(C)N1CCOCC1.Cl.Cl. The number of carbonyl (C=O) groups excluding carboxylic acids is 1. The normalized spacial score (nSPS) is 17.9. The molecule has 116 valence electrons. The van der Waals surface area contributed by atoms with Crippen molar-refractivity contribution >= 4 is 30.7 Å². The fraction of sp³-hybridized carbons (Fsp3) is 0.917. The first-order valence-electron chi connectivity index (χ1n) is 6.28. The molecule has 1 aliphatic heterocycles. The van der Waals surface area contributed by atoms with E-state index >= 15 is 0 Å². The monoisotopic (exact) mass is 315 g/mol. The summed E-state index contributed by atoms with van der Waals surface area (Å²) in [5, 5.41) is 2.97. The highest BCUT2D eigenvalue weighted by atomic mass is 35.5. The van der Waals surface area contributed by atoms with Crippen molar-refractivity contribution in [1.82, 2.24) is 10.2 Å². The molecule has 5 nitrogen and oxygen atoms in total. The van der Waals surface area contributed by atoms with Crippen molar-refractivity contribution in [2.75, 3.05) is 39.4 Å². The average Bonchev–Trinajstić information content (AvgIpc) is 2.36. The largest absolute Gasteiger partial charge is 0.379 e. The van der Waals surface area contributed by atoms with E-state index in [4.69, 9.17) is 10.5 Å². The van der Waals surface area contributed by atoms with E-state index in [1.165, 1.54) is 0 Å². The number of nitrogens with two attached hydrogens (primary N) is 1. The zero-order chi connectivity index (χ0) is 12.9. The number of amides is 1. The Morgan fingerprint density at radius 2 is 1.89 bits per heavy atom. The summed E-state index contributed by atoms with van der Waals surface area (Å²) in [5.41, 5.74) is 5.43. The van der Waals surface area contributed by atoms with Crippen LogP contribution in [0.2, 0.25) is 0 Å². The number of rotatable bonds is 5. The maximum absolute atomic E-state index is 11.7. The minimum absolute atomic E-state index is 0. The van der Waals surface area contributed by atoms with Gasteiger partial charge in [0.1, 0.15) is 0 Å². The fourth-order valence-corrected chi connectivity index (χ4v) is 1.87. The highest BCUT2D eigenvalue weighted by Crippen LogP contribution is 2.15. The number of hydrogen-bond donors (Lipinski definition) is 2. The van der Waals surface area contributed by atoms with Crippen LogP contribution in [0, 0.1) is 5.92 Å². The molecular weight excluding hydrogens is 289 g/mol. The van der Waals surface area contributed by atoms with Crippen LogP contribution in [0.25, 0.3) is 0 Å². The summed E-state index contributed by atoms with van der Waals surface area (Å²) in [6, 6.07) is 0. The first kappa shape index (κ1) is 21.2. The molecule has 1 amide bonds. The van der Waals surface area contributed by atoms with Crippen LogP contribution in [-0.2, 0) is 9.53 Å². The van der Waals surface area contributed by atoms with Gasteiger partial charge in [0.2, 0.25) is 5.91 Å². The fourth-order valence-electron chi connectivity index (χ4n) is 1.87. The first-order valence-corrected chi connectivity index (χ1v) is 6.28. The average molecular weight is 316 g/mol. The molecule has 0 spiro atoms. The van der Waals surface area contributed by atoms with E-state index in [0.717, 1.165) is 26.3 Å². The molecule has 1 atom stereocenters. The van der Waals surface area contributed by atoms with Crippen LogP contribution in [0.5, 0.6) is 0 Å². The molecule has 0 radical (unpaired) electrons. The summed E-state index contributed by atoms with van der Waals surface area (Å²) in [7, 11) is 0. The number of hydrogen-bond acceptors (Lipinski definition) is 4. The summed E-state index contributed by atoms with van der Waals surface area (Å²) in [4.78, 5) is 14.0. The maximum atomic E-state index is 11.7. The number of morpholine rings is 1. The van der Waals surface area contributed by atoms with Gasteiger partial charge < -0.3 is 15.8 Å². The smallest absolute Gasteiger partial charge is 0.224 e. The maximum Gasteiger partial charge on any atom is 0.224 e. The number of ether oxygens (including phenoxy) is 1. The number of nitrogens with zero attached hydrogens (tertiary/aromatic N) is 1. The molecule has 0 aromatic carbocycles. The molecule has 0 aromatic rings. The van der Waals surface area contributed by atoms with Crippen LogP contribution in [0.1, 0.15) is 20.8 Å². The second-order valence-electron chi connectivity index (χ2n) is 5.27.